The molecule has 0 N–H and O–H groups in total. The van der Waals surface area contributed by atoms with Crippen LogP contribution in [0.25, 0.3) is 0 Å². The van der Waals surface area contributed by atoms with Crippen molar-refractivity contribution >= 4 is 0 Å². The summed E-state index contributed by atoms with van der Waals surface area (Å²) in [5.74, 6) is 0.502. The average molecular weight is 136 g/mol. The van der Waals surface area contributed by atoms with Crippen LogP contribution in [0.15, 0.2) is 43.0 Å². The summed E-state index contributed by atoms with van der Waals surface area (Å²) in [5.41, 5.74) is 0. The summed E-state index contributed by atoms with van der Waals surface area (Å²) in [6.07, 6.45) is 1.12. The van der Waals surface area contributed by atoms with Gasteiger partial charge in [0.05, 0.1) is 2.74 Å². The highest BCUT2D eigenvalue weighted by Gasteiger charge is 1.84. The molecular formula is C9H10O. The molecule has 0 heterocycles. The van der Waals surface area contributed by atoms with Crippen LogP contribution in [-0.4, -0.2) is 6.56 Å². The zero-order valence-corrected chi connectivity index (χ0v) is 5.58. The van der Waals surface area contributed by atoms with Gasteiger partial charge >= 0.3 is 0 Å². The van der Waals surface area contributed by atoms with E-state index >= 15 is 0 Å². The number of hydrogen-bond donors (Lipinski definition) is 0. The SMILES string of the molecule is [2H]C([2H])(C=C)Oc1ccccc1. The highest BCUT2D eigenvalue weighted by Crippen LogP contribution is 2.07. The molecule has 0 aliphatic heterocycles. The van der Waals surface area contributed by atoms with Crippen LogP contribution in [-0.2, 0) is 0 Å². The molecule has 1 heteroatoms. The monoisotopic (exact) mass is 136 g/mol. The van der Waals surface area contributed by atoms with Crippen LogP contribution in [0.1, 0.15) is 2.74 Å². The molecule has 10 heavy (non-hydrogen) atoms. The van der Waals surface area contributed by atoms with Crippen LogP contribution in [0.5, 0.6) is 5.75 Å². The van der Waals surface area contributed by atoms with Crippen molar-refractivity contribution in [1.29, 1.82) is 0 Å². The van der Waals surface area contributed by atoms with E-state index in [9.17, 15) is 0 Å². The van der Waals surface area contributed by atoms with Gasteiger partial charge < -0.3 is 4.74 Å². The zero-order valence-electron chi connectivity index (χ0n) is 7.58. The number of para-hydroxylation sites is 1. The lowest BCUT2D eigenvalue weighted by Gasteiger charge is -1.99. The first-order valence-electron chi connectivity index (χ1n) is 4.02. The van der Waals surface area contributed by atoms with Gasteiger partial charge in [0.1, 0.15) is 12.3 Å². The molecule has 1 aromatic rings. The van der Waals surface area contributed by atoms with Gasteiger partial charge in [0.2, 0.25) is 0 Å². The third-order valence-corrected chi connectivity index (χ3v) is 1.00. The fourth-order valence-corrected chi connectivity index (χ4v) is 0.598. The topological polar surface area (TPSA) is 9.23 Å². The second kappa shape index (κ2) is 3.72. The molecule has 0 aromatic heterocycles. The van der Waals surface area contributed by atoms with Crippen LogP contribution in [0.2, 0.25) is 0 Å². The van der Waals surface area contributed by atoms with Gasteiger partial charge in [0.25, 0.3) is 0 Å². The molecule has 0 spiro atoms. The Bertz CT molecular complexity index is 256. The maximum Gasteiger partial charge on any atom is 0.119 e. The quantitative estimate of drug-likeness (QED) is 0.579. The molecule has 0 saturated carbocycles. The number of benzene rings is 1. The second-order valence-electron chi connectivity index (χ2n) is 1.74. The van der Waals surface area contributed by atoms with Crippen LogP contribution < -0.4 is 4.74 Å². The van der Waals surface area contributed by atoms with Gasteiger partial charge in [-0.2, -0.15) is 0 Å². The van der Waals surface area contributed by atoms with Gasteiger partial charge in [-0.05, 0) is 12.1 Å². The van der Waals surface area contributed by atoms with Gasteiger partial charge in [0, 0.05) is 0 Å². The molecule has 0 saturated heterocycles. The molecule has 1 aromatic carbocycles. The van der Waals surface area contributed by atoms with Crippen LogP contribution >= 0.6 is 0 Å². The van der Waals surface area contributed by atoms with Crippen molar-refractivity contribution in [2.24, 2.45) is 0 Å². The van der Waals surface area contributed by atoms with Gasteiger partial charge in [-0.1, -0.05) is 30.9 Å². The third kappa shape index (κ3) is 1.94. The van der Waals surface area contributed by atoms with E-state index in [-0.39, 0.29) is 0 Å². The fourth-order valence-electron chi connectivity index (χ4n) is 0.598. The summed E-state index contributed by atoms with van der Waals surface area (Å²) in [6, 6.07) is 8.81. The maximum atomic E-state index is 7.24. The Balaban J connectivity index is 2.70. The Hall–Kier alpha value is -1.24. The van der Waals surface area contributed by atoms with E-state index in [4.69, 9.17) is 7.48 Å². The number of hydrogen-bond acceptors (Lipinski definition) is 1. The highest BCUT2D eigenvalue weighted by molar-refractivity contribution is 5.20. The first-order chi connectivity index (χ1) is 5.64. The second-order valence-corrected chi connectivity index (χ2v) is 1.74. The van der Waals surface area contributed by atoms with E-state index in [1.54, 1.807) is 24.3 Å². The molecule has 0 aliphatic rings. The van der Waals surface area contributed by atoms with Crippen molar-refractivity contribution in [3.63, 3.8) is 0 Å². The number of rotatable bonds is 3. The number of ether oxygens (including phenoxy) is 1. The molecule has 0 unspecified atom stereocenters. The van der Waals surface area contributed by atoms with Crippen molar-refractivity contribution in [1.82, 2.24) is 0 Å². The first-order valence-corrected chi connectivity index (χ1v) is 3.02. The summed E-state index contributed by atoms with van der Waals surface area (Å²) in [7, 11) is 0. The molecule has 0 fully saturated rings. The molecule has 0 radical (unpaired) electrons. The summed E-state index contributed by atoms with van der Waals surface area (Å²) < 4.78 is 19.4. The van der Waals surface area contributed by atoms with E-state index in [1.165, 1.54) is 0 Å². The minimum absolute atomic E-state index is 0.502. The van der Waals surface area contributed by atoms with Gasteiger partial charge in [-0.25, -0.2) is 0 Å². The Morgan fingerprint density at radius 1 is 1.50 bits per heavy atom. The lowest BCUT2D eigenvalue weighted by atomic mass is 10.3. The van der Waals surface area contributed by atoms with Gasteiger partial charge in [-0.3, -0.25) is 0 Å². The van der Waals surface area contributed by atoms with Gasteiger partial charge in [-0.15, -0.1) is 0 Å². The van der Waals surface area contributed by atoms with E-state index < -0.39 is 6.56 Å². The molecular weight excluding hydrogens is 124 g/mol. The maximum absolute atomic E-state index is 7.24. The fraction of sp³-hybridized carbons (Fsp3) is 0.111. The van der Waals surface area contributed by atoms with Crippen LogP contribution in [0.4, 0.5) is 0 Å². The minimum Gasteiger partial charge on any atom is -0.490 e. The molecule has 0 aliphatic carbocycles. The first kappa shape index (κ1) is 4.56. The summed E-state index contributed by atoms with van der Waals surface area (Å²) in [4.78, 5) is 0. The van der Waals surface area contributed by atoms with Crippen LogP contribution in [0, 0.1) is 0 Å². The van der Waals surface area contributed by atoms with Crippen molar-refractivity contribution in [3.05, 3.63) is 43.0 Å². The molecule has 1 nitrogen and oxygen atoms in total. The Morgan fingerprint density at radius 2 is 2.20 bits per heavy atom. The average Bonchev–Trinajstić information content (AvgIpc) is 2.06. The Labute approximate surface area is 63.8 Å². The molecule has 0 atom stereocenters. The predicted molar refractivity (Wildman–Crippen MR) is 42.1 cm³/mol. The van der Waals surface area contributed by atoms with Crippen molar-refractivity contribution in [2.75, 3.05) is 6.56 Å². The van der Waals surface area contributed by atoms with Crippen molar-refractivity contribution < 1.29 is 7.48 Å². The normalized spacial score (nSPS) is 13.2. The lowest BCUT2D eigenvalue weighted by Crippen LogP contribution is -1.91. The largest absolute Gasteiger partial charge is 0.490 e. The van der Waals surface area contributed by atoms with Crippen LogP contribution in [0.3, 0.4) is 0 Å². The third-order valence-electron chi connectivity index (χ3n) is 1.00. The Kier molecular flexibility index (Phi) is 1.70. The highest BCUT2D eigenvalue weighted by atomic mass is 16.5. The predicted octanol–water partition coefficient (Wildman–Crippen LogP) is 2.25. The Morgan fingerprint density at radius 3 is 2.80 bits per heavy atom. The molecule has 52 valence electrons. The summed E-state index contributed by atoms with van der Waals surface area (Å²) >= 11 is 0. The molecule has 0 bridgehead atoms. The standard InChI is InChI=1S/C9H10O/c1-2-8-10-9-6-4-3-5-7-9/h2-7H,1,8H2/i8D2. The van der Waals surface area contributed by atoms with E-state index in [2.05, 4.69) is 6.58 Å². The molecule has 1 rings (SSSR count). The van der Waals surface area contributed by atoms with Crippen molar-refractivity contribution in [3.8, 4) is 5.75 Å². The van der Waals surface area contributed by atoms with E-state index in [0.29, 0.717) is 5.75 Å². The smallest absolute Gasteiger partial charge is 0.119 e. The van der Waals surface area contributed by atoms with E-state index in [0.717, 1.165) is 6.08 Å². The van der Waals surface area contributed by atoms with Gasteiger partial charge in [0.15, 0.2) is 0 Å². The summed E-state index contributed by atoms with van der Waals surface area (Å²) in [5, 5.41) is 0. The van der Waals surface area contributed by atoms with Crippen molar-refractivity contribution in [2.45, 2.75) is 0 Å². The summed E-state index contributed by atoms with van der Waals surface area (Å²) in [6.45, 7) is 1.54. The minimum atomic E-state index is -1.79. The zero-order chi connectivity index (χ0) is 9.03. The lowest BCUT2D eigenvalue weighted by molar-refractivity contribution is 0.363. The van der Waals surface area contributed by atoms with E-state index in [1.807, 2.05) is 6.07 Å². The molecule has 0 amide bonds.